The van der Waals surface area contributed by atoms with Crippen molar-refractivity contribution in [3.8, 4) is 6.07 Å². The van der Waals surface area contributed by atoms with Crippen LogP contribution in [0.3, 0.4) is 0 Å². The predicted molar refractivity (Wildman–Crippen MR) is 68.6 cm³/mol. The van der Waals surface area contributed by atoms with Gasteiger partial charge >= 0.3 is 0 Å². The first-order chi connectivity index (χ1) is 8.70. The zero-order valence-electron chi connectivity index (χ0n) is 9.26. The molecule has 1 heterocycles. The van der Waals surface area contributed by atoms with Gasteiger partial charge in [-0.15, -0.1) is 11.3 Å². The largest absolute Gasteiger partial charge is 0.287 e. The molecule has 0 N–H and O–H groups in total. The van der Waals surface area contributed by atoms with Gasteiger partial charge in [-0.1, -0.05) is 18.2 Å². The topological polar surface area (TPSA) is 40.9 Å². The normalized spacial score (nSPS) is 11.0. The van der Waals surface area contributed by atoms with Gasteiger partial charge in [-0.25, -0.2) is 4.39 Å². The highest BCUT2D eigenvalue weighted by molar-refractivity contribution is 7.12. The molecule has 0 bridgehead atoms. The van der Waals surface area contributed by atoms with Crippen LogP contribution in [0.2, 0.25) is 0 Å². The standard InChI is InChI=1S/C14H8FNOS/c15-12-5-3-10(4-6-12)8-11(9-16)14(17)13-2-1-7-18-13/h1-8H/b11-8+. The average Bonchev–Trinajstić information content (AvgIpc) is 2.91. The molecule has 18 heavy (non-hydrogen) atoms. The predicted octanol–water partition coefficient (Wildman–Crippen LogP) is 3.68. The van der Waals surface area contributed by atoms with Crippen LogP contribution in [0.5, 0.6) is 0 Å². The third-order valence-electron chi connectivity index (χ3n) is 2.29. The number of benzene rings is 1. The van der Waals surface area contributed by atoms with Crippen molar-refractivity contribution in [1.29, 1.82) is 5.26 Å². The van der Waals surface area contributed by atoms with Gasteiger partial charge in [0.1, 0.15) is 17.5 Å². The second-order valence-corrected chi connectivity index (χ2v) is 4.48. The summed E-state index contributed by atoms with van der Waals surface area (Å²) in [6.07, 6.45) is 1.46. The minimum atomic E-state index is -0.352. The molecule has 0 aliphatic heterocycles. The number of Topliss-reactive ketones (excluding diaryl/α,β-unsaturated/α-hetero) is 1. The Morgan fingerprint density at radius 3 is 2.56 bits per heavy atom. The SMILES string of the molecule is N#C/C(=C\c1ccc(F)cc1)C(=O)c1cccs1. The molecular formula is C14H8FNOS. The molecule has 0 amide bonds. The third kappa shape index (κ3) is 2.70. The van der Waals surface area contributed by atoms with E-state index in [-0.39, 0.29) is 17.2 Å². The smallest absolute Gasteiger partial charge is 0.213 e. The second-order valence-electron chi connectivity index (χ2n) is 3.53. The molecule has 0 atom stereocenters. The Kier molecular flexibility index (Phi) is 3.66. The molecule has 0 saturated carbocycles. The number of nitrogens with zero attached hydrogens (tertiary/aromatic N) is 1. The van der Waals surface area contributed by atoms with Gasteiger partial charge in [-0.2, -0.15) is 5.26 Å². The number of carbonyl (C=O) groups is 1. The average molecular weight is 257 g/mol. The van der Waals surface area contributed by atoms with E-state index in [9.17, 15) is 9.18 Å². The molecule has 2 nitrogen and oxygen atoms in total. The van der Waals surface area contributed by atoms with Crippen molar-refractivity contribution in [2.24, 2.45) is 0 Å². The lowest BCUT2D eigenvalue weighted by Crippen LogP contribution is -1.98. The molecular weight excluding hydrogens is 249 g/mol. The Morgan fingerprint density at radius 1 is 1.28 bits per heavy atom. The fourth-order valence-electron chi connectivity index (χ4n) is 1.41. The lowest BCUT2D eigenvalue weighted by molar-refractivity contribution is 0.104. The molecule has 0 radical (unpaired) electrons. The Balaban J connectivity index is 2.32. The Morgan fingerprint density at radius 2 is 2.00 bits per heavy atom. The molecule has 1 aromatic carbocycles. The molecule has 0 unspecified atom stereocenters. The van der Waals surface area contributed by atoms with Gasteiger partial charge in [0.2, 0.25) is 5.78 Å². The molecule has 2 aromatic rings. The number of halogens is 1. The molecule has 1 aromatic heterocycles. The molecule has 0 saturated heterocycles. The van der Waals surface area contributed by atoms with Crippen molar-refractivity contribution in [3.05, 3.63) is 63.6 Å². The highest BCUT2D eigenvalue weighted by Gasteiger charge is 2.12. The van der Waals surface area contributed by atoms with Gasteiger partial charge in [0.15, 0.2) is 0 Å². The van der Waals surface area contributed by atoms with Gasteiger partial charge in [0, 0.05) is 0 Å². The summed E-state index contributed by atoms with van der Waals surface area (Å²) in [6.45, 7) is 0. The Bertz CT molecular complexity index is 621. The minimum Gasteiger partial charge on any atom is -0.287 e. The van der Waals surface area contributed by atoms with E-state index in [4.69, 9.17) is 5.26 Å². The summed E-state index contributed by atoms with van der Waals surface area (Å²) in [5, 5.41) is 10.8. The Labute approximate surface area is 108 Å². The van der Waals surface area contributed by atoms with Crippen LogP contribution in [-0.4, -0.2) is 5.78 Å². The molecule has 0 fully saturated rings. The number of carbonyl (C=O) groups excluding carboxylic acids is 1. The van der Waals surface area contributed by atoms with Crippen molar-refractivity contribution < 1.29 is 9.18 Å². The summed E-state index contributed by atoms with van der Waals surface area (Å²) < 4.78 is 12.7. The van der Waals surface area contributed by atoms with Crippen LogP contribution < -0.4 is 0 Å². The first kappa shape index (κ1) is 12.2. The van der Waals surface area contributed by atoms with E-state index in [0.717, 1.165) is 0 Å². The maximum atomic E-state index is 12.7. The molecule has 2 rings (SSSR count). The van der Waals surface area contributed by atoms with Gasteiger partial charge in [-0.3, -0.25) is 4.79 Å². The fourth-order valence-corrected chi connectivity index (χ4v) is 2.09. The number of rotatable bonds is 3. The van der Waals surface area contributed by atoms with E-state index in [1.165, 1.54) is 41.7 Å². The molecule has 0 aliphatic carbocycles. The van der Waals surface area contributed by atoms with Gasteiger partial charge < -0.3 is 0 Å². The highest BCUT2D eigenvalue weighted by atomic mass is 32.1. The quantitative estimate of drug-likeness (QED) is 0.478. The molecule has 88 valence electrons. The number of thiophene rings is 1. The monoisotopic (exact) mass is 257 g/mol. The summed E-state index contributed by atoms with van der Waals surface area (Å²) in [5.41, 5.74) is 0.668. The first-order valence-electron chi connectivity index (χ1n) is 5.16. The van der Waals surface area contributed by atoms with Crippen LogP contribution in [0.15, 0.2) is 47.4 Å². The van der Waals surface area contributed by atoms with E-state index in [1.807, 2.05) is 6.07 Å². The van der Waals surface area contributed by atoms with Crippen molar-refractivity contribution >= 4 is 23.2 Å². The Hall–Kier alpha value is -2.25. The van der Waals surface area contributed by atoms with Crippen LogP contribution in [0.1, 0.15) is 15.2 Å². The minimum absolute atomic E-state index is 0.0454. The summed E-state index contributed by atoms with van der Waals surface area (Å²) in [5.74, 6) is -0.660. The lowest BCUT2D eigenvalue weighted by Gasteiger charge is -1.97. The van der Waals surface area contributed by atoms with Gasteiger partial charge in [0.05, 0.1) is 4.88 Å². The van der Waals surface area contributed by atoms with E-state index < -0.39 is 0 Å². The summed E-state index contributed by atoms with van der Waals surface area (Å²) in [7, 11) is 0. The van der Waals surface area contributed by atoms with Crippen molar-refractivity contribution in [2.75, 3.05) is 0 Å². The van der Waals surface area contributed by atoms with Crippen molar-refractivity contribution in [3.63, 3.8) is 0 Å². The maximum Gasteiger partial charge on any atom is 0.213 e. The van der Waals surface area contributed by atoms with Gasteiger partial charge in [0.25, 0.3) is 0 Å². The highest BCUT2D eigenvalue weighted by Crippen LogP contribution is 2.16. The van der Waals surface area contributed by atoms with Crippen molar-refractivity contribution in [2.45, 2.75) is 0 Å². The molecule has 0 spiro atoms. The lowest BCUT2D eigenvalue weighted by atomic mass is 10.1. The fraction of sp³-hybridized carbons (Fsp3) is 0. The summed E-state index contributed by atoms with van der Waals surface area (Å²) in [4.78, 5) is 12.5. The summed E-state index contributed by atoms with van der Waals surface area (Å²) in [6, 6.07) is 10.9. The van der Waals surface area contributed by atoms with E-state index >= 15 is 0 Å². The van der Waals surface area contributed by atoms with Crippen LogP contribution >= 0.6 is 11.3 Å². The van der Waals surface area contributed by atoms with E-state index in [1.54, 1.807) is 17.5 Å². The van der Waals surface area contributed by atoms with Crippen LogP contribution in [0.4, 0.5) is 4.39 Å². The van der Waals surface area contributed by atoms with Crippen LogP contribution in [0, 0.1) is 17.1 Å². The number of allylic oxidation sites excluding steroid dienone is 1. The number of ketones is 1. The first-order valence-corrected chi connectivity index (χ1v) is 6.04. The number of nitriles is 1. The number of hydrogen-bond donors (Lipinski definition) is 0. The third-order valence-corrected chi connectivity index (χ3v) is 3.16. The van der Waals surface area contributed by atoms with Crippen LogP contribution in [0.25, 0.3) is 6.08 Å². The van der Waals surface area contributed by atoms with Crippen molar-refractivity contribution in [1.82, 2.24) is 0 Å². The van der Waals surface area contributed by atoms with Gasteiger partial charge in [-0.05, 0) is 35.2 Å². The zero-order valence-corrected chi connectivity index (χ0v) is 10.1. The van der Waals surface area contributed by atoms with Crippen LogP contribution in [-0.2, 0) is 0 Å². The summed E-state index contributed by atoms with van der Waals surface area (Å²) >= 11 is 1.29. The molecule has 0 aliphatic rings. The maximum absolute atomic E-state index is 12.7. The number of hydrogen-bond acceptors (Lipinski definition) is 3. The molecule has 4 heteroatoms. The van der Waals surface area contributed by atoms with E-state index in [0.29, 0.717) is 10.4 Å². The van der Waals surface area contributed by atoms with E-state index in [2.05, 4.69) is 0 Å². The second kappa shape index (κ2) is 5.39. The zero-order chi connectivity index (χ0) is 13.0.